The van der Waals surface area contributed by atoms with Gasteiger partial charge in [0.1, 0.15) is 11.6 Å². The molecule has 1 aromatic heterocycles. The molecule has 0 radical (unpaired) electrons. The van der Waals surface area contributed by atoms with E-state index >= 15 is 0 Å². The Kier molecular flexibility index (Phi) is 4.20. The summed E-state index contributed by atoms with van der Waals surface area (Å²) < 4.78 is 0. The quantitative estimate of drug-likeness (QED) is 0.629. The van der Waals surface area contributed by atoms with Gasteiger partial charge in [-0.2, -0.15) is 0 Å². The van der Waals surface area contributed by atoms with E-state index in [0.717, 1.165) is 17.5 Å². The molecule has 0 aliphatic heterocycles. The first-order chi connectivity index (χ1) is 7.08. The summed E-state index contributed by atoms with van der Waals surface area (Å²) in [5.41, 5.74) is 5.74. The zero-order valence-corrected chi connectivity index (χ0v) is 10.5. The van der Waals surface area contributed by atoms with Crippen LogP contribution in [0.1, 0.15) is 20.8 Å². The van der Waals surface area contributed by atoms with Gasteiger partial charge in [-0.25, -0.2) is 9.97 Å². The SMILES string of the molecule is CCN(c1cc(N)nc(SC)n1)C(C)C. The van der Waals surface area contributed by atoms with Crippen LogP contribution >= 0.6 is 11.8 Å². The van der Waals surface area contributed by atoms with Crippen LogP contribution in [0.15, 0.2) is 11.2 Å². The zero-order chi connectivity index (χ0) is 11.4. The molecule has 4 nitrogen and oxygen atoms in total. The minimum Gasteiger partial charge on any atom is -0.383 e. The van der Waals surface area contributed by atoms with E-state index in [-0.39, 0.29) is 0 Å². The molecule has 1 rings (SSSR count). The first kappa shape index (κ1) is 12.1. The van der Waals surface area contributed by atoms with Gasteiger partial charge in [-0.05, 0) is 27.0 Å². The van der Waals surface area contributed by atoms with Gasteiger partial charge >= 0.3 is 0 Å². The largest absolute Gasteiger partial charge is 0.383 e. The number of hydrogen-bond donors (Lipinski definition) is 1. The van der Waals surface area contributed by atoms with Crippen LogP contribution in [0.5, 0.6) is 0 Å². The van der Waals surface area contributed by atoms with Gasteiger partial charge in [-0.3, -0.25) is 0 Å². The van der Waals surface area contributed by atoms with Crippen molar-refractivity contribution < 1.29 is 0 Å². The molecule has 0 amide bonds. The minimum atomic E-state index is 0.416. The smallest absolute Gasteiger partial charge is 0.191 e. The van der Waals surface area contributed by atoms with Crippen molar-refractivity contribution in [3.8, 4) is 0 Å². The second-order valence-corrected chi connectivity index (χ2v) is 4.29. The Morgan fingerprint density at radius 2 is 2.13 bits per heavy atom. The maximum Gasteiger partial charge on any atom is 0.191 e. The average molecular weight is 226 g/mol. The minimum absolute atomic E-state index is 0.416. The summed E-state index contributed by atoms with van der Waals surface area (Å²) in [7, 11) is 0. The van der Waals surface area contributed by atoms with E-state index in [9.17, 15) is 0 Å². The van der Waals surface area contributed by atoms with E-state index < -0.39 is 0 Å². The van der Waals surface area contributed by atoms with Crippen LogP contribution < -0.4 is 10.6 Å². The maximum atomic E-state index is 5.74. The Hall–Kier alpha value is -0.970. The molecule has 0 spiro atoms. The van der Waals surface area contributed by atoms with E-state index in [2.05, 4.69) is 35.6 Å². The molecule has 1 aromatic rings. The van der Waals surface area contributed by atoms with Crippen molar-refractivity contribution in [1.29, 1.82) is 0 Å². The molecule has 84 valence electrons. The number of nitrogens with zero attached hydrogens (tertiary/aromatic N) is 3. The van der Waals surface area contributed by atoms with Crippen LogP contribution in [-0.2, 0) is 0 Å². The molecule has 0 unspecified atom stereocenters. The molecule has 5 heteroatoms. The highest BCUT2D eigenvalue weighted by Gasteiger charge is 2.11. The summed E-state index contributed by atoms with van der Waals surface area (Å²) in [5, 5.41) is 0.726. The molecule has 15 heavy (non-hydrogen) atoms. The van der Waals surface area contributed by atoms with Crippen LogP contribution in [0.2, 0.25) is 0 Å². The van der Waals surface area contributed by atoms with Crippen LogP contribution in [-0.4, -0.2) is 28.8 Å². The van der Waals surface area contributed by atoms with E-state index in [1.54, 1.807) is 0 Å². The van der Waals surface area contributed by atoms with Crippen molar-refractivity contribution in [2.75, 3.05) is 23.4 Å². The third-order valence-corrected chi connectivity index (χ3v) is 2.70. The first-order valence-corrected chi connectivity index (χ1v) is 6.26. The number of nitrogens with two attached hydrogens (primary N) is 1. The van der Waals surface area contributed by atoms with Crippen molar-refractivity contribution in [2.45, 2.75) is 32.0 Å². The predicted molar refractivity (Wildman–Crippen MR) is 66.4 cm³/mol. The van der Waals surface area contributed by atoms with Crippen molar-refractivity contribution in [3.63, 3.8) is 0 Å². The highest BCUT2D eigenvalue weighted by atomic mass is 32.2. The fourth-order valence-electron chi connectivity index (χ4n) is 1.46. The summed E-state index contributed by atoms with van der Waals surface area (Å²) in [5.74, 6) is 1.44. The molecular weight excluding hydrogens is 208 g/mol. The molecule has 0 aromatic carbocycles. The number of anilines is 2. The van der Waals surface area contributed by atoms with Crippen LogP contribution in [0.25, 0.3) is 0 Å². The Bertz CT molecular complexity index is 327. The van der Waals surface area contributed by atoms with Crippen molar-refractivity contribution in [3.05, 3.63) is 6.07 Å². The molecule has 0 aliphatic rings. The third kappa shape index (κ3) is 2.99. The number of aromatic nitrogens is 2. The van der Waals surface area contributed by atoms with E-state index in [0.29, 0.717) is 11.9 Å². The van der Waals surface area contributed by atoms with Crippen molar-refractivity contribution >= 4 is 23.4 Å². The maximum absolute atomic E-state index is 5.74. The third-order valence-electron chi connectivity index (χ3n) is 2.15. The van der Waals surface area contributed by atoms with Crippen LogP contribution in [0.3, 0.4) is 0 Å². The average Bonchev–Trinajstić information content (AvgIpc) is 2.17. The lowest BCUT2D eigenvalue weighted by molar-refractivity contribution is 0.686. The summed E-state index contributed by atoms with van der Waals surface area (Å²) in [4.78, 5) is 10.8. The highest BCUT2D eigenvalue weighted by molar-refractivity contribution is 7.98. The molecule has 0 fully saturated rings. The molecule has 0 aliphatic carbocycles. The number of rotatable bonds is 4. The van der Waals surface area contributed by atoms with Gasteiger partial charge in [0.2, 0.25) is 0 Å². The Morgan fingerprint density at radius 3 is 2.60 bits per heavy atom. The molecule has 0 bridgehead atoms. The van der Waals surface area contributed by atoms with E-state index in [4.69, 9.17) is 5.73 Å². The Labute approximate surface area is 95.3 Å². The second kappa shape index (κ2) is 5.21. The van der Waals surface area contributed by atoms with Gasteiger partial charge < -0.3 is 10.6 Å². The summed E-state index contributed by atoms with van der Waals surface area (Å²) >= 11 is 1.51. The lowest BCUT2D eigenvalue weighted by Crippen LogP contribution is -2.31. The van der Waals surface area contributed by atoms with Gasteiger partial charge in [0.15, 0.2) is 5.16 Å². The Balaban J connectivity index is 3.06. The van der Waals surface area contributed by atoms with Crippen LogP contribution in [0, 0.1) is 0 Å². The number of nitrogen functional groups attached to an aromatic ring is 1. The van der Waals surface area contributed by atoms with Gasteiger partial charge in [-0.1, -0.05) is 11.8 Å². The lowest BCUT2D eigenvalue weighted by atomic mass is 10.3. The monoisotopic (exact) mass is 226 g/mol. The lowest BCUT2D eigenvalue weighted by Gasteiger charge is -2.26. The second-order valence-electron chi connectivity index (χ2n) is 3.52. The standard InChI is InChI=1S/C10H18N4S/c1-5-14(7(2)3)9-6-8(11)12-10(13-9)15-4/h6-7H,5H2,1-4H3,(H2,11,12,13). The molecule has 0 saturated carbocycles. The molecular formula is C10H18N4S. The predicted octanol–water partition coefficient (Wildman–Crippen LogP) is 2.02. The van der Waals surface area contributed by atoms with Crippen molar-refractivity contribution in [1.82, 2.24) is 9.97 Å². The molecule has 0 saturated heterocycles. The summed E-state index contributed by atoms with van der Waals surface area (Å²) in [6.45, 7) is 7.31. The highest BCUT2D eigenvalue weighted by Crippen LogP contribution is 2.20. The Morgan fingerprint density at radius 1 is 1.47 bits per heavy atom. The van der Waals surface area contributed by atoms with Gasteiger partial charge in [0.05, 0.1) is 0 Å². The fraction of sp³-hybridized carbons (Fsp3) is 0.600. The van der Waals surface area contributed by atoms with E-state index in [1.807, 2.05) is 12.3 Å². The fourth-order valence-corrected chi connectivity index (χ4v) is 1.84. The van der Waals surface area contributed by atoms with Gasteiger partial charge in [0.25, 0.3) is 0 Å². The summed E-state index contributed by atoms with van der Waals surface area (Å²) in [6, 6.07) is 2.24. The first-order valence-electron chi connectivity index (χ1n) is 5.03. The molecule has 1 heterocycles. The van der Waals surface area contributed by atoms with Gasteiger partial charge in [-0.15, -0.1) is 0 Å². The molecule has 2 N–H and O–H groups in total. The molecule has 0 atom stereocenters. The van der Waals surface area contributed by atoms with Crippen LogP contribution in [0.4, 0.5) is 11.6 Å². The topological polar surface area (TPSA) is 55.0 Å². The number of hydrogen-bond acceptors (Lipinski definition) is 5. The normalized spacial score (nSPS) is 10.7. The van der Waals surface area contributed by atoms with E-state index in [1.165, 1.54) is 11.8 Å². The van der Waals surface area contributed by atoms with Crippen molar-refractivity contribution in [2.24, 2.45) is 0 Å². The summed E-state index contributed by atoms with van der Waals surface area (Å²) in [6.07, 6.45) is 1.95. The van der Waals surface area contributed by atoms with Gasteiger partial charge in [0, 0.05) is 18.7 Å². The number of thioether (sulfide) groups is 1. The zero-order valence-electron chi connectivity index (χ0n) is 9.69.